The molecule has 0 radical (unpaired) electrons. The first-order valence-electron chi connectivity index (χ1n) is 21.0. The van der Waals surface area contributed by atoms with Crippen LogP contribution in [0.25, 0.3) is 66.5 Å². The second kappa shape index (κ2) is 12.6. The molecule has 4 aliphatic carbocycles. The van der Waals surface area contributed by atoms with E-state index in [4.69, 9.17) is 13.8 Å². The first kappa shape index (κ1) is 34.0. The largest absolute Gasteiger partial charge is 0.455 e. The van der Waals surface area contributed by atoms with Gasteiger partial charge in [-0.25, -0.2) is 9.13 Å². The van der Waals surface area contributed by atoms with E-state index >= 15 is 0 Å². The molecule has 5 nitrogen and oxygen atoms in total. The number of aromatic nitrogens is 3. The predicted molar refractivity (Wildman–Crippen MR) is 225 cm³/mol. The summed E-state index contributed by atoms with van der Waals surface area (Å²) in [6.45, 7) is 4.39. The number of benzene rings is 3. The zero-order chi connectivity index (χ0) is 37.8. The van der Waals surface area contributed by atoms with Crippen molar-refractivity contribution in [1.29, 1.82) is 0 Å². The molecule has 8 aromatic rings. The number of rotatable bonds is 2. The van der Waals surface area contributed by atoms with E-state index in [0.29, 0.717) is 10.8 Å². The Hall–Kier alpha value is -5.29. The average Bonchev–Trinajstić information content (AvgIpc) is 4.07. The predicted octanol–water partition coefficient (Wildman–Crippen LogP) is 11.5. The molecule has 4 aliphatic rings. The third kappa shape index (κ3) is 5.15. The van der Waals surface area contributed by atoms with Crippen LogP contribution >= 0.6 is 0 Å². The summed E-state index contributed by atoms with van der Waals surface area (Å²) < 4.78 is 17.4. The number of hydrogen-bond donors (Lipinski definition) is 0. The molecule has 0 atom stereocenters. The first-order valence-corrected chi connectivity index (χ1v) is 21.0. The van der Waals surface area contributed by atoms with Crippen molar-refractivity contribution in [3.8, 4) is 22.5 Å². The molecule has 56 heavy (non-hydrogen) atoms. The van der Waals surface area contributed by atoms with Crippen LogP contribution in [0.5, 0.6) is 0 Å². The van der Waals surface area contributed by atoms with Crippen molar-refractivity contribution in [2.45, 2.75) is 90.9 Å². The van der Waals surface area contributed by atoms with E-state index < -0.39 is 0 Å². The number of furan rings is 2. The van der Waals surface area contributed by atoms with E-state index in [-0.39, 0.29) is 0 Å². The molecule has 3 aromatic carbocycles. The zero-order valence-corrected chi connectivity index (χ0v) is 33.3. The van der Waals surface area contributed by atoms with Crippen molar-refractivity contribution >= 4 is 44.0 Å². The second-order valence-electron chi connectivity index (χ2n) is 18.0. The Morgan fingerprint density at radius 3 is 1.66 bits per heavy atom. The lowest BCUT2D eigenvalue weighted by Gasteiger charge is -2.21. The van der Waals surface area contributed by atoms with E-state index in [9.17, 15) is 0 Å². The van der Waals surface area contributed by atoms with Crippen molar-refractivity contribution in [1.82, 2.24) is 4.98 Å². The van der Waals surface area contributed by atoms with Crippen molar-refractivity contribution in [3.05, 3.63) is 125 Å². The molecular formula is C51H51N3O2+2. The van der Waals surface area contributed by atoms with E-state index in [2.05, 4.69) is 110 Å². The Balaban J connectivity index is 0.000000130. The van der Waals surface area contributed by atoms with Crippen LogP contribution in [-0.4, -0.2) is 4.98 Å². The molecule has 2 spiro atoms. The van der Waals surface area contributed by atoms with Crippen LogP contribution in [0, 0.1) is 24.7 Å². The van der Waals surface area contributed by atoms with Crippen LogP contribution < -0.4 is 9.13 Å². The van der Waals surface area contributed by atoms with Crippen LogP contribution in [0.3, 0.4) is 0 Å². The Morgan fingerprint density at radius 1 is 0.536 bits per heavy atom. The van der Waals surface area contributed by atoms with Crippen molar-refractivity contribution in [2.75, 3.05) is 0 Å². The van der Waals surface area contributed by atoms with Gasteiger partial charge in [-0.2, -0.15) is 0 Å². The fraction of sp³-hybridized carbons (Fsp3) is 0.353. The quantitative estimate of drug-likeness (QED) is 0.166. The maximum atomic E-state index is 6.44. The number of fused-ring (bicyclic) bond motifs is 8. The zero-order valence-electron chi connectivity index (χ0n) is 33.3. The lowest BCUT2D eigenvalue weighted by atomic mass is 9.83. The van der Waals surface area contributed by atoms with Gasteiger partial charge in [0.1, 0.15) is 36.4 Å². The minimum Gasteiger partial charge on any atom is -0.455 e. The lowest BCUT2D eigenvalue weighted by Crippen LogP contribution is -2.32. The monoisotopic (exact) mass is 737 g/mol. The third-order valence-corrected chi connectivity index (χ3v) is 14.4. The SMILES string of the molecule is Cc1ccc2c(oc3ccccc32)c1-c1c2c(cc[n+]1C)CC1(CCCC1)C2.Cc1cnc2c(oc3ccccc32)c1-c1c2c(cc[n+]1C)CC1(CCCC1)C2. The molecule has 0 saturated heterocycles. The molecule has 0 aliphatic heterocycles. The molecule has 280 valence electrons. The highest BCUT2D eigenvalue weighted by Gasteiger charge is 2.44. The lowest BCUT2D eigenvalue weighted by molar-refractivity contribution is -0.660. The summed E-state index contributed by atoms with van der Waals surface area (Å²) in [6, 6.07) is 25.8. The van der Waals surface area contributed by atoms with Gasteiger partial charge in [0.25, 0.3) is 0 Å². The van der Waals surface area contributed by atoms with Gasteiger partial charge in [-0.15, -0.1) is 0 Å². The van der Waals surface area contributed by atoms with Gasteiger partial charge in [0.15, 0.2) is 18.0 Å². The fourth-order valence-corrected chi connectivity index (χ4v) is 11.7. The number of aryl methyl sites for hydroxylation is 4. The number of pyridine rings is 3. The minimum absolute atomic E-state index is 0.499. The molecule has 0 N–H and O–H groups in total. The van der Waals surface area contributed by atoms with Crippen molar-refractivity contribution in [2.24, 2.45) is 24.9 Å². The van der Waals surface area contributed by atoms with Gasteiger partial charge in [-0.1, -0.05) is 68.1 Å². The van der Waals surface area contributed by atoms with Crippen LogP contribution in [0.2, 0.25) is 0 Å². The molecule has 5 heteroatoms. The van der Waals surface area contributed by atoms with Crippen LogP contribution in [0.15, 0.2) is 100 Å². The maximum absolute atomic E-state index is 6.44. The molecule has 2 saturated carbocycles. The highest BCUT2D eigenvalue weighted by Crippen LogP contribution is 2.52. The Kier molecular flexibility index (Phi) is 7.66. The number of para-hydroxylation sites is 2. The molecule has 12 rings (SSSR count). The van der Waals surface area contributed by atoms with E-state index in [0.717, 1.165) is 33.2 Å². The smallest absolute Gasteiger partial charge is 0.219 e. The highest BCUT2D eigenvalue weighted by molar-refractivity contribution is 6.10. The summed E-state index contributed by atoms with van der Waals surface area (Å²) in [7, 11) is 4.36. The topological polar surface area (TPSA) is 46.9 Å². The van der Waals surface area contributed by atoms with Gasteiger partial charge in [0.05, 0.1) is 11.1 Å². The Bertz CT molecular complexity index is 2680. The minimum atomic E-state index is 0.499. The van der Waals surface area contributed by atoms with Gasteiger partial charge in [0.2, 0.25) is 11.4 Å². The Morgan fingerprint density at radius 2 is 1.05 bits per heavy atom. The van der Waals surface area contributed by atoms with Crippen LogP contribution in [0.4, 0.5) is 0 Å². The van der Waals surface area contributed by atoms with Gasteiger partial charge in [-0.3, -0.25) is 4.98 Å². The van der Waals surface area contributed by atoms with Gasteiger partial charge in [0, 0.05) is 45.6 Å². The molecule has 2 fully saturated rings. The Labute approximate surface area is 329 Å². The average molecular weight is 738 g/mol. The summed E-state index contributed by atoms with van der Waals surface area (Å²) in [5.74, 6) is 0. The molecule has 5 aromatic heterocycles. The van der Waals surface area contributed by atoms with Crippen molar-refractivity contribution < 1.29 is 18.0 Å². The molecular weight excluding hydrogens is 687 g/mol. The van der Waals surface area contributed by atoms with E-state index in [1.54, 1.807) is 11.1 Å². The summed E-state index contributed by atoms with van der Waals surface area (Å²) in [4.78, 5) is 4.75. The summed E-state index contributed by atoms with van der Waals surface area (Å²) >= 11 is 0. The van der Waals surface area contributed by atoms with Gasteiger partial charge >= 0.3 is 0 Å². The molecule has 5 heterocycles. The number of hydrogen-bond acceptors (Lipinski definition) is 3. The number of nitrogens with zero attached hydrogens (tertiary/aromatic N) is 3. The molecule has 0 unspecified atom stereocenters. The highest BCUT2D eigenvalue weighted by atomic mass is 16.3. The molecule has 0 amide bonds. The normalized spacial score (nSPS) is 17.8. The van der Waals surface area contributed by atoms with Crippen LogP contribution in [-0.2, 0) is 39.8 Å². The van der Waals surface area contributed by atoms with Gasteiger partial charge < -0.3 is 8.83 Å². The standard InChI is InChI=1S/C26H26NO.C25H25N2O/c1-17-9-10-20-19-7-3-4-8-22(19)28-25(20)23(17)24-21-16-26(12-5-6-13-26)15-18(21)11-14-27(24)2;1-16-15-26-22-18-7-3-4-8-20(18)28-24(22)21(16)23-19-14-25(10-5-6-11-25)13-17(19)9-12-27(23)2/h3-4,7-11,14H,5-6,12-13,15-16H2,1-2H3;3-4,7-9,12,15H,5-6,10-11,13-14H2,1-2H3/q2*+1. The van der Waals surface area contributed by atoms with Crippen LogP contribution in [0.1, 0.15) is 84.7 Å². The summed E-state index contributed by atoms with van der Waals surface area (Å²) in [5.41, 5.74) is 19.7. The summed E-state index contributed by atoms with van der Waals surface area (Å²) in [6.07, 6.45) is 22.5. The maximum Gasteiger partial charge on any atom is 0.219 e. The molecule has 0 bridgehead atoms. The summed E-state index contributed by atoms with van der Waals surface area (Å²) in [5, 5.41) is 3.53. The third-order valence-electron chi connectivity index (χ3n) is 14.4. The van der Waals surface area contributed by atoms with E-state index in [1.165, 1.54) is 133 Å². The second-order valence-corrected chi connectivity index (χ2v) is 18.0. The first-order chi connectivity index (χ1) is 27.3. The van der Waals surface area contributed by atoms with Gasteiger partial charge in [-0.05, 0) is 116 Å². The van der Waals surface area contributed by atoms with Crippen molar-refractivity contribution in [3.63, 3.8) is 0 Å². The van der Waals surface area contributed by atoms with E-state index in [1.807, 2.05) is 18.3 Å². The fourth-order valence-electron chi connectivity index (χ4n) is 11.7.